The average molecular weight is 377 g/mol. The summed E-state index contributed by atoms with van der Waals surface area (Å²) in [5, 5.41) is 6.92. The zero-order chi connectivity index (χ0) is 19.9. The van der Waals surface area contributed by atoms with Crippen LogP contribution in [-0.4, -0.2) is 63.9 Å². The molecule has 0 bridgehead atoms. The largest absolute Gasteiger partial charge is 0.496 e. The Hall–Kier alpha value is -1.79. The first-order chi connectivity index (χ1) is 12.9. The Morgan fingerprint density at radius 1 is 1.33 bits per heavy atom. The maximum Gasteiger partial charge on any atom is 0.191 e. The van der Waals surface area contributed by atoms with Crippen LogP contribution < -0.4 is 15.4 Å². The Bertz CT molecular complexity index is 625. The summed E-state index contributed by atoms with van der Waals surface area (Å²) in [6, 6.07) is 6.35. The lowest BCUT2D eigenvalue weighted by atomic mass is 9.89. The van der Waals surface area contributed by atoms with Crippen LogP contribution in [0.25, 0.3) is 0 Å². The van der Waals surface area contributed by atoms with Crippen molar-refractivity contribution in [1.82, 2.24) is 15.5 Å². The lowest BCUT2D eigenvalue weighted by Gasteiger charge is -2.41. The van der Waals surface area contributed by atoms with Crippen molar-refractivity contribution in [2.24, 2.45) is 4.99 Å². The molecule has 6 heteroatoms. The Morgan fingerprint density at radius 3 is 2.63 bits per heavy atom. The van der Waals surface area contributed by atoms with Gasteiger partial charge in [-0.15, -0.1) is 0 Å². The summed E-state index contributed by atoms with van der Waals surface area (Å²) in [5.41, 5.74) is 2.41. The summed E-state index contributed by atoms with van der Waals surface area (Å²) < 4.78 is 11.1. The first kappa shape index (κ1) is 21.5. The molecule has 1 atom stereocenters. The topological polar surface area (TPSA) is 58.1 Å². The molecule has 1 aromatic rings. The van der Waals surface area contributed by atoms with E-state index in [2.05, 4.69) is 62.5 Å². The van der Waals surface area contributed by atoms with E-state index in [1.165, 1.54) is 5.56 Å². The maximum absolute atomic E-state index is 5.57. The van der Waals surface area contributed by atoms with Gasteiger partial charge in [0.25, 0.3) is 0 Å². The van der Waals surface area contributed by atoms with Crippen molar-refractivity contribution >= 4 is 5.96 Å². The number of hydrogen-bond donors (Lipinski definition) is 2. The molecule has 0 amide bonds. The van der Waals surface area contributed by atoms with Gasteiger partial charge in [0, 0.05) is 30.9 Å². The van der Waals surface area contributed by atoms with Gasteiger partial charge in [-0.1, -0.05) is 17.7 Å². The number of nitrogens with zero attached hydrogens (tertiary/aromatic N) is 2. The third-order valence-electron chi connectivity index (χ3n) is 5.45. The molecule has 6 nitrogen and oxygen atoms in total. The summed E-state index contributed by atoms with van der Waals surface area (Å²) in [5.74, 6) is 1.73. The van der Waals surface area contributed by atoms with Gasteiger partial charge in [0.15, 0.2) is 5.96 Å². The van der Waals surface area contributed by atoms with Crippen LogP contribution in [0, 0.1) is 6.92 Å². The van der Waals surface area contributed by atoms with Gasteiger partial charge < -0.3 is 25.0 Å². The maximum atomic E-state index is 5.57. The molecule has 1 fully saturated rings. The van der Waals surface area contributed by atoms with Gasteiger partial charge in [0.1, 0.15) is 5.75 Å². The van der Waals surface area contributed by atoms with Crippen LogP contribution in [0.1, 0.15) is 43.9 Å². The molecule has 0 aromatic heterocycles. The molecular weight excluding hydrogens is 340 g/mol. The minimum absolute atomic E-state index is 0.0604. The number of likely N-dealkylation sites (N-methyl/N-ethyl adjacent to an activating group) is 1. The van der Waals surface area contributed by atoms with Crippen molar-refractivity contribution in [1.29, 1.82) is 0 Å². The predicted octanol–water partition coefficient (Wildman–Crippen LogP) is 2.73. The zero-order valence-corrected chi connectivity index (χ0v) is 17.8. The molecule has 1 unspecified atom stereocenters. The van der Waals surface area contributed by atoms with Crippen LogP contribution in [0.2, 0.25) is 0 Å². The van der Waals surface area contributed by atoms with E-state index >= 15 is 0 Å². The number of benzene rings is 1. The van der Waals surface area contributed by atoms with Crippen molar-refractivity contribution in [3.05, 3.63) is 29.3 Å². The first-order valence-corrected chi connectivity index (χ1v) is 9.86. The van der Waals surface area contributed by atoms with Crippen molar-refractivity contribution in [3.63, 3.8) is 0 Å². The second kappa shape index (κ2) is 9.95. The smallest absolute Gasteiger partial charge is 0.191 e. The molecule has 1 heterocycles. The standard InChI is InChI=1S/C21H36N4O2/c1-7-22-20(23-15-21(25(4)5)10-12-27-13-11-21)24-17(3)18-14-16(2)8-9-19(18)26-6/h8-9,14,17H,7,10-13,15H2,1-6H3,(H2,22,23,24). The van der Waals surface area contributed by atoms with E-state index in [4.69, 9.17) is 14.5 Å². The molecule has 0 spiro atoms. The fourth-order valence-corrected chi connectivity index (χ4v) is 3.52. The van der Waals surface area contributed by atoms with Crippen LogP contribution in [0.3, 0.4) is 0 Å². The van der Waals surface area contributed by atoms with Crippen LogP contribution >= 0.6 is 0 Å². The lowest BCUT2D eigenvalue weighted by molar-refractivity contribution is -0.00255. The number of guanidine groups is 1. The van der Waals surface area contributed by atoms with Crippen LogP contribution in [-0.2, 0) is 4.74 Å². The second-order valence-corrected chi connectivity index (χ2v) is 7.54. The van der Waals surface area contributed by atoms with E-state index in [-0.39, 0.29) is 11.6 Å². The van der Waals surface area contributed by atoms with Crippen molar-refractivity contribution in [2.45, 2.75) is 45.2 Å². The van der Waals surface area contributed by atoms with E-state index in [9.17, 15) is 0 Å². The molecule has 1 aliphatic heterocycles. The van der Waals surface area contributed by atoms with Crippen LogP contribution in [0.4, 0.5) is 0 Å². The Balaban J connectivity index is 2.16. The summed E-state index contributed by atoms with van der Waals surface area (Å²) in [6.45, 7) is 9.49. The van der Waals surface area contributed by atoms with Gasteiger partial charge in [0.2, 0.25) is 0 Å². The number of aliphatic imine (C=N–C) groups is 1. The SMILES string of the molecule is CCNC(=NCC1(N(C)C)CCOCC1)NC(C)c1cc(C)ccc1OC. The molecule has 1 aliphatic rings. The van der Waals surface area contributed by atoms with Crippen molar-refractivity contribution in [3.8, 4) is 5.75 Å². The monoisotopic (exact) mass is 376 g/mol. The molecule has 152 valence electrons. The zero-order valence-electron chi connectivity index (χ0n) is 17.8. The van der Waals surface area contributed by atoms with E-state index in [0.717, 1.165) is 56.4 Å². The minimum Gasteiger partial charge on any atom is -0.496 e. The van der Waals surface area contributed by atoms with Gasteiger partial charge in [-0.05, 0) is 53.8 Å². The summed E-state index contributed by atoms with van der Waals surface area (Å²) in [7, 11) is 6.00. The fraction of sp³-hybridized carbons (Fsp3) is 0.667. The Kier molecular flexibility index (Phi) is 7.92. The quantitative estimate of drug-likeness (QED) is 0.566. The highest BCUT2D eigenvalue weighted by Crippen LogP contribution is 2.27. The predicted molar refractivity (Wildman–Crippen MR) is 112 cm³/mol. The minimum atomic E-state index is 0.0604. The second-order valence-electron chi connectivity index (χ2n) is 7.54. The van der Waals surface area contributed by atoms with E-state index in [1.54, 1.807) is 7.11 Å². The lowest BCUT2D eigenvalue weighted by Crippen LogP contribution is -2.51. The number of hydrogen-bond acceptors (Lipinski definition) is 4. The fourth-order valence-electron chi connectivity index (χ4n) is 3.52. The molecule has 1 aromatic carbocycles. The summed E-state index contributed by atoms with van der Waals surface area (Å²) in [6.07, 6.45) is 2.01. The third kappa shape index (κ3) is 5.59. The van der Waals surface area contributed by atoms with Gasteiger partial charge in [0.05, 0.1) is 19.7 Å². The van der Waals surface area contributed by atoms with Gasteiger partial charge >= 0.3 is 0 Å². The van der Waals surface area contributed by atoms with Crippen LogP contribution in [0.15, 0.2) is 23.2 Å². The number of nitrogens with one attached hydrogen (secondary N) is 2. The van der Waals surface area contributed by atoms with Crippen molar-refractivity contribution in [2.75, 3.05) is 47.5 Å². The molecule has 2 rings (SSSR count). The van der Waals surface area contributed by atoms with Gasteiger partial charge in [-0.2, -0.15) is 0 Å². The van der Waals surface area contributed by atoms with E-state index in [0.29, 0.717) is 0 Å². The van der Waals surface area contributed by atoms with Crippen LogP contribution in [0.5, 0.6) is 5.75 Å². The van der Waals surface area contributed by atoms with E-state index in [1.807, 2.05) is 6.07 Å². The summed E-state index contributed by atoms with van der Waals surface area (Å²) in [4.78, 5) is 7.23. The molecule has 0 radical (unpaired) electrons. The molecule has 1 saturated heterocycles. The Labute approximate surface area is 164 Å². The van der Waals surface area contributed by atoms with Crippen molar-refractivity contribution < 1.29 is 9.47 Å². The Morgan fingerprint density at radius 2 is 2.04 bits per heavy atom. The van der Waals surface area contributed by atoms with Gasteiger partial charge in [-0.25, -0.2) is 0 Å². The first-order valence-electron chi connectivity index (χ1n) is 9.86. The van der Waals surface area contributed by atoms with E-state index < -0.39 is 0 Å². The highest BCUT2D eigenvalue weighted by molar-refractivity contribution is 5.80. The number of ether oxygens (including phenoxy) is 2. The normalized spacial score (nSPS) is 18.3. The molecule has 27 heavy (non-hydrogen) atoms. The molecule has 2 N–H and O–H groups in total. The highest BCUT2D eigenvalue weighted by atomic mass is 16.5. The summed E-state index contributed by atoms with van der Waals surface area (Å²) >= 11 is 0. The average Bonchev–Trinajstić information content (AvgIpc) is 2.66. The van der Waals surface area contributed by atoms with Gasteiger partial charge in [-0.3, -0.25) is 4.99 Å². The number of rotatable bonds is 7. The third-order valence-corrected chi connectivity index (χ3v) is 5.45. The number of methoxy groups -OCH3 is 1. The molecular formula is C21H36N4O2. The number of aryl methyl sites for hydroxylation is 1. The molecule has 0 saturated carbocycles. The molecule has 0 aliphatic carbocycles. The highest BCUT2D eigenvalue weighted by Gasteiger charge is 2.34.